The zero-order chi connectivity index (χ0) is 14.6. The molecule has 0 saturated carbocycles. The van der Waals surface area contributed by atoms with E-state index in [9.17, 15) is 14.4 Å². The number of hydrogen-bond donors (Lipinski definition) is 1. The second kappa shape index (κ2) is 6.04. The van der Waals surface area contributed by atoms with E-state index in [2.05, 4.69) is 4.74 Å². The highest BCUT2D eigenvalue weighted by Gasteiger charge is 2.17. The number of aliphatic carboxylic acids is 1. The lowest BCUT2D eigenvalue weighted by Gasteiger charge is -2.13. The maximum atomic E-state index is 11.5. The van der Waals surface area contributed by atoms with E-state index in [1.807, 2.05) is 0 Å². The van der Waals surface area contributed by atoms with Crippen LogP contribution in [0.4, 0.5) is 0 Å². The van der Waals surface area contributed by atoms with Crippen molar-refractivity contribution in [2.24, 2.45) is 0 Å². The minimum Gasteiger partial charge on any atom is -0.482 e. The highest BCUT2D eigenvalue weighted by atomic mass is 16.5. The Hall–Kier alpha value is -2.31. The molecule has 0 atom stereocenters. The summed E-state index contributed by atoms with van der Waals surface area (Å²) in [5.74, 6) is -1.88. The van der Waals surface area contributed by atoms with Crippen LogP contribution in [0.25, 0.3) is 0 Å². The minimum absolute atomic E-state index is 0.154. The van der Waals surface area contributed by atoms with Gasteiger partial charge in [0.2, 0.25) is 0 Å². The summed E-state index contributed by atoms with van der Waals surface area (Å²) in [6.07, 6.45) is 0. The Kier molecular flexibility index (Phi) is 4.69. The molecule has 1 aromatic carbocycles. The molecule has 0 fully saturated rings. The van der Waals surface area contributed by atoms with Gasteiger partial charge in [-0.15, -0.1) is 0 Å². The van der Waals surface area contributed by atoms with Crippen LogP contribution in [0.15, 0.2) is 12.1 Å². The Balaban J connectivity index is 3.26. The Labute approximate surface area is 110 Å². The molecule has 1 N–H and O–H groups in total. The van der Waals surface area contributed by atoms with E-state index in [4.69, 9.17) is 9.84 Å². The standard InChI is InChI=1S/C12H13BO6/c1-6(14)8-3-7(12(17)18-2)4-9(13)11(8)19-5-10(15)16/h3-4H,5,13H2,1-2H3,(H,15,16). The molecule has 0 aliphatic rings. The van der Waals surface area contributed by atoms with E-state index in [1.165, 1.54) is 26.2 Å². The molecule has 0 unspecified atom stereocenters. The van der Waals surface area contributed by atoms with Crippen molar-refractivity contribution in [2.75, 3.05) is 13.7 Å². The number of esters is 1. The SMILES string of the molecule is Bc1cc(C(=O)OC)cc(C(C)=O)c1OCC(=O)O. The summed E-state index contributed by atoms with van der Waals surface area (Å²) in [4.78, 5) is 33.5. The van der Waals surface area contributed by atoms with E-state index in [1.54, 1.807) is 7.85 Å². The summed E-state index contributed by atoms with van der Waals surface area (Å²) in [6.45, 7) is 0.752. The van der Waals surface area contributed by atoms with Crippen molar-refractivity contribution in [1.29, 1.82) is 0 Å². The van der Waals surface area contributed by atoms with Gasteiger partial charge in [-0.25, -0.2) is 9.59 Å². The largest absolute Gasteiger partial charge is 0.482 e. The molecule has 7 heteroatoms. The minimum atomic E-state index is -1.15. The Bertz CT molecular complexity index is 537. The summed E-state index contributed by atoms with van der Waals surface area (Å²) < 4.78 is 9.67. The van der Waals surface area contributed by atoms with E-state index in [-0.39, 0.29) is 22.7 Å². The van der Waals surface area contributed by atoms with Crippen LogP contribution < -0.4 is 10.2 Å². The van der Waals surface area contributed by atoms with Crippen LogP contribution >= 0.6 is 0 Å². The number of ether oxygens (including phenoxy) is 2. The molecule has 0 radical (unpaired) electrons. The monoisotopic (exact) mass is 264 g/mol. The van der Waals surface area contributed by atoms with Crippen LogP contribution in [-0.4, -0.2) is 44.4 Å². The third-order valence-electron chi connectivity index (χ3n) is 2.42. The highest BCUT2D eigenvalue weighted by molar-refractivity contribution is 6.35. The van der Waals surface area contributed by atoms with Crippen LogP contribution in [0.3, 0.4) is 0 Å². The van der Waals surface area contributed by atoms with E-state index in [0.29, 0.717) is 5.46 Å². The van der Waals surface area contributed by atoms with Crippen molar-refractivity contribution >= 4 is 31.0 Å². The van der Waals surface area contributed by atoms with Gasteiger partial charge in [0.25, 0.3) is 0 Å². The lowest BCUT2D eigenvalue weighted by molar-refractivity contribution is -0.139. The summed E-state index contributed by atoms with van der Waals surface area (Å²) in [5, 5.41) is 8.59. The number of hydrogen-bond acceptors (Lipinski definition) is 5. The number of carbonyl (C=O) groups is 3. The number of carboxylic acids is 1. The summed E-state index contributed by atoms with van der Waals surface area (Å²) in [5.41, 5.74) is 0.865. The smallest absolute Gasteiger partial charge is 0.341 e. The predicted octanol–water partition coefficient (Wildman–Crippen LogP) is -0.602. The highest BCUT2D eigenvalue weighted by Crippen LogP contribution is 2.19. The number of carboxylic acid groups (broad SMARTS) is 1. The fourth-order valence-corrected chi connectivity index (χ4v) is 1.60. The van der Waals surface area contributed by atoms with Gasteiger partial charge in [0, 0.05) is 0 Å². The van der Waals surface area contributed by atoms with E-state index >= 15 is 0 Å². The van der Waals surface area contributed by atoms with Crippen LogP contribution in [-0.2, 0) is 9.53 Å². The molecule has 100 valence electrons. The summed E-state index contributed by atoms with van der Waals surface area (Å²) >= 11 is 0. The van der Waals surface area contributed by atoms with Gasteiger partial charge >= 0.3 is 11.9 Å². The molecule has 0 spiro atoms. The second-order valence-corrected chi connectivity index (χ2v) is 3.90. The first-order valence-electron chi connectivity index (χ1n) is 5.45. The topological polar surface area (TPSA) is 89.9 Å². The molecule has 19 heavy (non-hydrogen) atoms. The molecule has 1 aromatic rings. The van der Waals surface area contributed by atoms with Crippen LogP contribution in [0, 0.1) is 0 Å². The van der Waals surface area contributed by atoms with Gasteiger partial charge in [0.1, 0.15) is 13.6 Å². The average molecular weight is 264 g/mol. The number of benzene rings is 1. The molecule has 0 saturated heterocycles. The lowest BCUT2D eigenvalue weighted by atomic mass is 9.89. The molecule has 0 aromatic heterocycles. The summed E-state index contributed by atoms with van der Waals surface area (Å²) in [7, 11) is 2.86. The van der Waals surface area contributed by atoms with Gasteiger partial charge in [-0.2, -0.15) is 0 Å². The van der Waals surface area contributed by atoms with Crippen LogP contribution in [0.2, 0.25) is 0 Å². The van der Waals surface area contributed by atoms with Crippen molar-refractivity contribution in [2.45, 2.75) is 6.92 Å². The number of rotatable bonds is 5. The quantitative estimate of drug-likeness (QED) is 0.434. The number of methoxy groups -OCH3 is 1. The molecule has 0 aliphatic carbocycles. The zero-order valence-corrected chi connectivity index (χ0v) is 10.9. The molecule has 0 bridgehead atoms. The van der Waals surface area contributed by atoms with Crippen molar-refractivity contribution in [3.8, 4) is 5.75 Å². The second-order valence-electron chi connectivity index (χ2n) is 3.90. The first-order valence-corrected chi connectivity index (χ1v) is 5.45. The Morgan fingerprint density at radius 1 is 1.32 bits per heavy atom. The first-order chi connectivity index (χ1) is 8.86. The van der Waals surface area contributed by atoms with Gasteiger partial charge < -0.3 is 14.6 Å². The van der Waals surface area contributed by atoms with Gasteiger partial charge in [-0.1, -0.05) is 6.07 Å². The molecule has 1 rings (SSSR count). The van der Waals surface area contributed by atoms with Crippen LogP contribution in [0.5, 0.6) is 5.75 Å². The molecular weight excluding hydrogens is 251 g/mol. The Morgan fingerprint density at radius 3 is 2.42 bits per heavy atom. The van der Waals surface area contributed by atoms with Crippen molar-refractivity contribution < 1.29 is 29.0 Å². The third kappa shape index (κ3) is 3.57. The maximum absolute atomic E-state index is 11.5. The first kappa shape index (κ1) is 14.8. The maximum Gasteiger partial charge on any atom is 0.341 e. The van der Waals surface area contributed by atoms with E-state index in [0.717, 1.165) is 0 Å². The van der Waals surface area contributed by atoms with Gasteiger partial charge in [-0.3, -0.25) is 4.79 Å². The lowest BCUT2D eigenvalue weighted by Crippen LogP contribution is -2.20. The molecule has 6 nitrogen and oxygen atoms in total. The van der Waals surface area contributed by atoms with Crippen molar-refractivity contribution in [1.82, 2.24) is 0 Å². The normalized spacial score (nSPS) is 9.79. The molecular formula is C12H13BO6. The molecule has 0 heterocycles. The molecule has 0 amide bonds. The fraction of sp³-hybridized carbons (Fsp3) is 0.250. The Morgan fingerprint density at radius 2 is 1.95 bits per heavy atom. The predicted molar refractivity (Wildman–Crippen MR) is 69.1 cm³/mol. The number of ketones is 1. The molecule has 0 aliphatic heterocycles. The van der Waals surface area contributed by atoms with Crippen LogP contribution in [0.1, 0.15) is 27.6 Å². The van der Waals surface area contributed by atoms with Gasteiger partial charge in [0.05, 0.1) is 18.2 Å². The zero-order valence-electron chi connectivity index (χ0n) is 10.9. The fourth-order valence-electron chi connectivity index (χ4n) is 1.60. The van der Waals surface area contributed by atoms with E-state index < -0.39 is 18.5 Å². The third-order valence-corrected chi connectivity index (χ3v) is 2.42. The van der Waals surface area contributed by atoms with Crippen molar-refractivity contribution in [3.05, 3.63) is 23.3 Å². The average Bonchev–Trinajstić information content (AvgIpc) is 2.35. The van der Waals surface area contributed by atoms with Crippen molar-refractivity contribution in [3.63, 3.8) is 0 Å². The van der Waals surface area contributed by atoms with Gasteiger partial charge in [0.15, 0.2) is 12.4 Å². The number of carbonyl (C=O) groups excluding carboxylic acids is 2. The number of Topliss-reactive ketones (excluding diaryl/α,β-unsaturated/α-hetero) is 1. The van der Waals surface area contributed by atoms with Gasteiger partial charge in [-0.05, 0) is 18.5 Å². The summed E-state index contributed by atoms with van der Waals surface area (Å²) in [6, 6.07) is 2.81.